The van der Waals surface area contributed by atoms with E-state index in [9.17, 15) is 0 Å². The van der Waals surface area contributed by atoms with Crippen LogP contribution >= 0.6 is 11.3 Å². The van der Waals surface area contributed by atoms with Crippen LogP contribution < -0.4 is 4.57 Å². The fourth-order valence-electron chi connectivity index (χ4n) is 4.94. The molecule has 1 aromatic heterocycles. The summed E-state index contributed by atoms with van der Waals surface area (Å²) in [5.74, 6) is 0. The normalized spacial score (nSPS) is 11.5. The van der Waals surface area contributed by atoms with E-state index in [0.717, 1.165) is 6.54 Å². The average molecular weight is 465 g/mol. The first-order valence-corrected chi connectivity index (χ1v) is 14.6. The van der Waals surface area contributed by atoms with Gasteiger partial charge >= 0.3 is 0 Å². The van der Waals surface area contributed by atoms with Gasteiger partial charge in [-0.15, -0.1) is 0 Å². The second-order valence-electron chi connectivity index (χ2n) is 9.84. The molecule has 3 aromatic rings. The molecular weight excluding hydrogens is 418 g/mol. The summed E-state index contributed by atoms with van der Waals surface area (Å²) in [6, 6.07) is 18.0. The van der Waals surface area contributed by atoms with Crippen LogP contribution in [-0.2, 0) is 13.0 Å². The van der Waals surface area contributed by atoms with Crippen LogP contribution in [0.4, 0.5) is 0 Å². The molecule has 1 nitrogen and oxygen atoms in total. The van der Waals surface area contributed by atoms with Gasteiger partial charge in [-0.05, 0) is 30.5 Å². The topological polar surface area (TPSA) is 3.88 Å². The zero-order valence-electron chi connectivity index (χ0n) is 21.3. The van der Waals surface area contributed by atoms with Gasteiger partial charge in [0, 0.05) is 18.6 Å². The molecule has 2 aromatic carbocycles. The van der Waals surface area contributed by atoms with Crippen molar-refractivity contribution in [1.82, 2.24) is 0 Å². The molecule has 0 bridgehead atoms. The van der Waals surface area contributed by atoms with Crippen molar-refractivity contribution >= 4 is 21.6 Å². The molecule has 33 heavy (non-hydrogen) atoms. The van der Waals surface area contributed by atoms with E-state index in [1.165, 1.54) is 123 Å². The second kappa shape index (κ2) is 15.3. The summed E-state index contributed by atoms with van der Waals surface area (Å²) in [6.45, 7) is 5.51. The van der Waals surface area contributed by atoms with E-state index >= 15 is 0 Å². The zero-order chi connectivity index (χ0) is 23.1. The van der Waals surface area contributed by atoms with E-state index < -0.39 is 0 Å². The van der Waals surface area contributed by atoms with Gasteiger partial charge in [0.05, 0.1) is 0 Å². The van der Waals surface area contributed by atoms with Gasteiger partial charge < -0.3 is 0 Å². The lowest BCUT2D eigenvalue weighted by Gasteiger charge is -2.05. The number of aryl methyl sites for hydroxylation is 2. The Kier molecular flexibility index (Phi) is 12.0. The number of para-hydroxylation sites is 1. The van der Waals surface area contributed by atoms with Crippen molar-refractivity contribution in [2.24, 2.45) is 0 Å². The number of hydrogen-bond acceptors (Lipinski definition) is 1. The lowest BCUT2D eigenvalue weighted by molar-refractivity contribution is -0.664. The molecule has 0 N–H and O–H groups in total. The third-order valence-corrected chi connectivity index (χ3v) is 8.03. The first kappa shape index (κ1) is 25.9. The molecule has 0 saturated heterocycles. The van der Waals surface area contributed by atoms with Crippen LogP contribution in [0.5, 0.6) is 0 Å². The molecule has 0 fully saturated rings. The summed E-state index contributed by atoms with van der Waals surface area (Å²) < 4.78 is 3.85. The van der Waals surface area contributed by atoms with Gasteiger partial charge in [0.15, 0.2) is 6.54 Å². The molecule has 0 amide bonds. The van der Waals surface area contributed by atoms with Crippen molar-refractivity contribution in [3.8, 4) is 0 Å². The number of aromatic nitrogens is 1. The summed E-state index contributed by atoms with van der Waals surface area (Å²) in [4.78, 5) is 0. The van der Waals surface area contributed by atoms with Crippen molar-refractivity contribution in [2.45, 2.75) is 117 Å². The summed E-state index contributed by atoms with van der Waals surface area (Å²) in [7, 11) is 0. The minimum atomic E-state index is 0.975. The highest BCUT2D eigenvalue weighted by atomic mass is 32.1. The van der Waals surface area contributed by atoms with E-state index in [2.05, 4.69) is 66.9 Å². The van der Waals surface area contributed by atoms with E-state index in [-0.39, 0.29) is 0 Å². The summed E-state index contributed by atoms with van der Waals surface area (Å²) in [6.07, 6.45) is 21.2. The Morgan fingerprint density at radius 3 is 1.88 bits per heavy atom. The van der Waals surface area contributed by atoms with Crippen LogP contribution in [0.15, 0.2) is 48.5 Å². The molecule has 180 valence electrons. The van der Waals surface area contributed by atoms with Gasteiger partial charge in [0.1, 0.15) is 4.70 Å². The molecule has 0 unspecified atom stereocenters. The quantitative estimate of drug-likeness (QED) is 0.138. The van der Waals surface area contributed by atoms with E-state index in [1.807, 2.05) is 11.3 Å². The highest BCUT2D eigenvalue weighted by Gasteiger charge is 2.16. The molecule has 0 aliphatic rings. The summed E-state index contributed by atoms with van der Waals surface area (Å²) in [5.41, 5.74) is 4.29. The Morgan fingerprint density at radius 2 is 1.21 bits per heavy atom. The van der Waals surface area contributed by atoms with Crippen molar-refractivity contribution in [1.29, 1.82) is 0 Å². The van der Waals surface area contributed by atoms with Crippen molar-refractivity contribution in [2.75, 3.05) is 0 Å². The SMILES string of the molecule is CCCCCCCCCCCCCCCCc1cccc(C[n+]2c(C)sc3ccccc32)c1. The van der Waals surface area contributed by atoms with E-state index in [0.29, 0.717) is 0 Å². The number of hydrogen-bond donors (Lipinski definition) is 0. The molecule has 0 aliphatic heterocycles. The second-order valence-corrected chi connectivity index (χ2v) is 11.1. The zero-order valence-corrected chi connectivity index (χ0v) is 22.1. The number of fused-ring (bicyclic) bond motifs is 1. The minimum Gasteiger partial charge on any atom is -0.182 e. The molecule has 1 heterocycles. The van der Waals surface area contributed by atoms with Crippen LogP contribution in [0, 0.1) is 6.92 Å². The highest BCUT2D eigenvalue weighted by Crippen LogP contribution is 2.20. The van der Waals surface area contributed by atoms with Gasteiger partial charge in [-0.25, -0.2) is 0 Å². The highest BCUT2D eigenvalue weighted by molar-refractivity contribution is 7.18. The lowest BCUT2D eigenvalue weighted by atomic mass is 10.0. The summed E-state index contributed by atoms with van der Waals surface area (Å²) >= 11 is 1.90. The standard InChI is InChI=1S/C31H46NS/c1-3-4-5-6-7-8-9-10-11-12-13-14-15-16-20-28-21-19-22-29(25-28)26-32-27(2)33-31-24-18-17-23-30(31)32/h17-19,21-25H,3-16,20,26H2,1-2H3/q+1. The minimum absolute atomic E-state index is 0.975. The predicted octanol–water partition coefficient (Wildman–Crippen LogP) is 9.57. The number of rotatable bonds is 17. The summed E-state index contributed by atoms with van der Waals surface area (Å²) in [5, 5.41) is 1.38. The van der Waals surface area contributed by atoms with Crippen LogP contribution in [0.25, 0.3) is 10.2 Å². The van der Waals surface area contributed by atoms with Crippen molar-refractivity contribution < 1.29 is 4.57 Å². The fraction of sp³-hybridized carbons (Fsp3) is 0.581. The Labute approximate surface area is 207 Å². The van der Waals surface area contributed by atoms with Gasteiger partial charge in [-0.3, -0.25) is 0 Å². The maximum atomic E-state index is 2.46. The molecular formula is C31H46NS+. The predicted molar refractivity (Wildman–Crippen MR) is 146 cm³/mol. The first-order chi connectivity index (χ1) is 16.3. The van der Waals surface area contributed by atoms with Crippen LogP contribution in [-0.4, -0.2) is 0 Å². The number of thiazole rings is 1. The van der Waals surface area contributed by atoms with E-state index in [1.54, 1.807) is 0 Å². The Morgan fingerprint density at radius 1 is 0.636 bits per heavy atom. The molecule has 2 heteroatoms. The maximum Gasteiger partial charge on any atom is 0.235 e. The van der Waals surface area contributed by atoms with Crippen LogP contribution in [0.3, 0.4) is 0 Å². The Bertz CT molecular complexity index is 926. The first-order valence-electron chi connectivity index (χ1n) is 13.7. The number of nitrogens with zero attached hydrogens (tertiary/aromatic N) is 1. The van der Waals surface area contributed by atoms with Crippen LogP contribution in [0.1, 0.15) is 113 Å². The largest absolute Gasteiger partial charge is 0.235 e. The van der Waals surface area contributed by atoms with Crippen molar-refractivity contribution in [3.05, 3.63) is 64.7 Å². The molecule has 3 rings (SSSR count). The van der Waals surface area contributed by atoms with Gasteiger partial charge in [0.25, 0.3) is 0 Å². The van der Waals surface area contributed by atoms with Crippen LogP contribution in [0.2, 0.25) is 0 Å². The third kappa shape index (κ3) is 9.24. The molecule has 0 saturated carbocycles. The molecule has 0 aliphatic carbocycles. The van der Waals surface area contributed by atoms with Gasteiger partial charge in [-0.1, -0.05) is 132 Å². The number of benzene rings is 2. The maximum absolute atomic E-state index is 2.46. The smallest absolute Gasteiger partial charge is 0.182 e. The fourth-order valence-corrected chi connectivity index (χ4v) is 5.96. The van der Waals surface area contributed by atoms with Crippen molar-refractivity contribution in [3.63, 3.8) is 0 Å². The Hall–Kier alpha value is -1.67. The third-order valence-electron chi connectivity index (χ3n) is 6.94. The van der Waals surface area contributed by atoms with Gasteiger partial charge in [-0.2, -0.15) is 4.57 Å². The number of unbranched alkanes of at least 4 members (excludes halogenated alkanes) is 13. The molecule has 0 atom stereocenters. The van der Waals surface area contributed by atoms with E-state index in [4.69, 9.17) is 0 Å². The molecule has 0 radical (unpaired) electrons. The van der Waals surface area contributed by atoms with Gasteiger partial charge in [0.2, 0.25) is 10.5 Å². The molecule has 0 spiro atoms. The Balaban J connectivity index is 1.27. The lowest BCUT2D eigenvalue weighted by Crippen LogP contribution is -2.35. The average Bonchev–Trinajstić information content (AvgIpc) is 3.14. The monoisotopic (exact) mass is 464 g/mol.